The predicted molar refractivity (Wildman–Crippen MR) is 236 cm³/mol. The Hall–Kier alpha value is -1.38. The van der Waals surface area contributed by atoms with Gasteiger partial charge in [-0.25, -0.2) is 0 Å². The molecule has 0 aliphatic carbocycles. The molecule has 8 N–H and O–H groups in total. The first kappa shape index (κ1) is 55.6. The van der Waals surface area contributed by atoms with Gasteiger partial charge >= 0.3 is 0 Å². The molecule has 0 bridgehead atoms. The zero-order chi connectivity index (χ0) is 43.7. The van der Waals surface area contributed by atoms with E-state index in [2.05, 4.69) is 31.4 Å². The number of hydrogen-bond donors (Lipinski definition) is 8. The van der Waals surface area contributed by atoms with Crippen molar-refractivity contribution in [3.05, 3.63) is 0 Å². The zero-order valence-electron chi connectivity index (χ0n) is 38.0. The van der Waals surface area contributed by atoms with Crippen LogP contribution in [0.15, 0.2) is 0 Å². The van der Waals surface area contributed by atoms with Gasteiger partial charge in [0.2, 0.25) is 11.8 Å². The number of unbranched alkanes of at least 4 members (excludes halogenated alkanes) is 24. The van der Waals surface area contributed by atoms with Crippen LogP contribution < -0.4 is 10.6 Å². The van der Waals surface area contributed by atoms with E-state index in [9.17, 15) is 40.2 Å². The second kappa shape index (κ2) is 36.1. The molecule has 0 radical (unpaired) electrons. The Labute approximate surface area is 359 Å². The summed E-state index contributed by atoms with van der Waals surface area (Å²) < 4.78 is 11.5. The summed E-state index contributed by atoms with van der Waals surface area (Å²) in [7, 11) is 0. The van der Waals surface area contributed by atoms with Gasteiger partial charge in [0.1, 0.15) is 36.6 Å². The van der Waals surface area contributed by atoms with E-state index in [1.165, 1.54) is 129 Å². The summed E-state index contributed by atoms with van der Waals surface area (Å²) in [6, 6.07) is -2.38. The van der Waals surface area contributed by atoms with Crippen molar-refractivity contribution in [1.29, 1.82) is 0 Å². The monoisotopic (exact) mass is 845 g/mol. The molecule has 1 aliphatic rings. The number of hydrogen-bond acceptors (Lipinski definition) is 10. The van der Waals surface area contributed by atoms with Gasteiger partial charge in [-0.1, -0.05) is 194 Å². The van der Waals surface area contributed by atoms with Crippen molar-refractivity contribution < 1.29 is 49.7 Å². The van der Waals surface area contributed by atoms with Crippen LogP contribution in [0.5, 0.6) is 0 Å². The molecule has 1 saturated heterocycles. The Bertz CT molecular complexity index is 1010. The molecule has 12 nitrogen and oxygen atoms in total. The van der Waals surface area contributed by atoms with Crippen LogP contribution in [-0.2, 0) is 19.1 Å². The van der Waals surface area contributed by atoms with Crippen molar-refractivity contribution in [3.8, 4) is 0 Å². The molecule has 1 rings (SSSR count). The van der Waals surface area contributed by atoms with Crippen molar-refractivity contribution in [2.24, 2.45) is 5.92 Å². The molecule has 1 heterocycles. The van der Waals surface area contributed by atoms with Crippen molar-refractivity contribution in [2.75, 3.05) is 13.2 Å². The molecular weight excluding hydrogens is 753 g/mol. The lowest BCUT2D eigenvalue weighted by Gasteiger charge is -2.42. The first-order valence-corrected chi connectivity index (χ1v) is 24.3. The molecule has 0 unspecified atom stereocenters. The summed E-state index contributed by atoms with van der Waals surface area (Å²) in [5.41, 5.74) is 0. The first-order chi connectivity index (χ1) is 28.4. The Morgan fingerprint density at radius 2 is 1.05 bits per heavy atom. The molecule has 59 heavy (non-hydrogen) atoms. The number of amides is 2. The molecule has 0 spiro atoms. The van der Waals surface area contributed by atoms with Gasteiger partial charge < -0.3 is 50.7 Å². The molecule has 12 heteroatoms. The number of carbonyl (C=O) groups excluding carboxylic acids is 2. The molecule has 0 aromatic rings. The lowest BCUT2D eigenvalue weighted by Crippen LogP contribution is -2.65. The Balaban J connectivity index is 2.54. The van der Waals surface area contributed by atoms with Crippen LogP contribution in [0.1, 0.15) is 214 Å². The largest absolute Gasteiger partial charge is 0.394 e. The van der Waals surface area contributed by atoms with E-state index in [4.69, 9.17) is 9.47 Å². The normalized spacial score (nSPS) is 21.6. The zero-order valence-corrected chi connectivity index (χ0v) is 38.0. The van der Waals surface area contributed by atoms with E-state index < -0.39 is 80.0 Å². The maximum Gasteiger partial charge on any atom is 0.249 e. The first-order valence-electron chi connectivity index (χ1n) is 24.3. The standard InChI is InChI=1S/C47H92N2O10/c1-5-6-7-8-9-10-11-12-13-14-15-16-17-18-19-24-27-30-33-40(53)46(57)49-38(35-58-47-42(48-37(4)51)45(56)44(55)41(34-50)59-47)43(54)39(52)32-29-26-23-21-20-22-25-28-31-36(2)3/h36,38-45,47,50,52-56H,5-35H2,1-4H3,(H,48,51)(H,49,57)/t38-,39+,40+,41+,42+,43-,44+,45+,47+/m0/s1. The summed E-state index contributed by atoms with van der Waals surface area (Å²) in [5.74, 6) is -0.474. The van der Waals surface area contributed by atoms with Gasteiger partial charge in [-0.3, -0.25) is 9.59 Å². The minimum atomic E-state index is -1.53. The Kier molecular flexibility index (Phi) is 34.1. The SMILES string of the molecule is CCCCCCCCCCCCCCCCCCCC[C@@H](O)C(=O)N[C@@H](CO[C@@H]1O[C@H](CO)[C@@H](O)[C@H](O)[C@H]1NC(C)=O)[C@H](O)[C@H](O)CCCCCCCCCCC(C)C. The van der Waals surface area contributed by atoms with Crippen LogP contribution in [-0.4, -0.2) is 111 Å². The van der Waals surface area contributed by atoms with Gasteiger partial charge in [-0.2, -0.15) is 0 Å². The van der Waals surface area contributed by atoms with E-state index in [-0.39, 0.29) is 6.42 Å². The minimum Gasteiger partial charge on any atom is -0.394 e. The lowest BCUT2D eigenvalue weighted by molar-refractivity contribution is -0.272. The van der Waals surface area contributed by atoms with Gasteiger partial charge in [0.05, 0.1) is 25.4 Å². The third kappa shape index (κ3) is 27.3. The second-order valence-corrected chi connectivity index (χ2v) is 18.1. The number of ether oxygens (including phenoxy) is 2. The third-order valence-corrected chi connectivity index (χ3v) is 12.0. The molecule has 0 saturated carbocycles. The van der Waals surface area contributed by atoms with Crippen molar-refractivity contribution in [1.82, 2.24) is 10.6 Å². The highest BCUT2D eigenvalue weighted by Gasteiger charge is 2.46. The average molecular weight is 845 g/mol. The van der Waals surface area contributed by atoms with Crippen LogP contribution >= 0.6 is 0 Å². The van der Waals surface area contributed by atoms with E-state index in [0.29, 0.717) is 19.3 Å². The minimum absolute atomic E-state index is 0.257. The van der Waals surface area contributed by atoms with Crippen LogP contribution in [0.4, 0.5) is 0 Å². The number of aliphatic hydroxyl groups is 6. The second-order valence-electron chi connectivity index (χ2n) is 18.1. The molecular formula is C47H92N2O10. The number of carbonyl (C=O) groups is 2. The maximum atomic E-state index is 13.2. The van der Waals surface area contributed by atoms with Gasteiger partial charge in [-0.05, 0) is 18.8 Å². The van der Waals surface area contributed by atoms with Crippen LogP contribution in [0, 0.1) is 5.92 Å². The van der Waals surface area contributed by atoms with Crippen molar-refractivity contribution in [3.63, 3.8) is 0 Å². The van der Waals surface area contributed by atoms with Gasteiger partial charge in [-0.15, -0.1) is 0 Å². The summed E-state index contributed by atoms with van der Waals surface area (Å²) in [5, 5.41) is 69.0. The highest BCUT2D eigenvalue weighted by atomic mass is 16.7. The molecule has 0 aromatic heterocycles. The van der Waals surface area contributed by atoms with Crippen molar-refractivity contribution in [2.45, 2.75) is 269 Å². The highest BCUT2D eigenvalue weighted by molar-refractivity contribution is 5.80. The smallest absolute Gasteiger partial charge is 0.249 e. The van der Waals surface area contributed by atoms with Crippen LogP contribution in [0.2, 0.25) is 0 Å². The number of aliphatic hydroxyl groups excluding tert-OH is 6. The fourth-order valence-corrected chi connectivity index (χ4v) is 8.09. The maximum absolute atomic E-state index is 13.2. The number of rotatable bonds is 39. The fourth-order valence-electron chi connectivity index (χ4n) is 8.09. The summed E-state index contributed by atoms with van der Waals surface area (Å²) in [6.45, 7) is 6.96. The average Bonchev–Trinajstić information content (AvgIpc) is 3.21. The van der Waals surface area contributed by atoms with Crippen LogP contribution in [0.25, 0.3) is 0 Å². The molecule has 2 amide bonds. The Morgan fingerprint density at radius 3 is 1.47 bits per heavy atom. The van der Waals surface area contributed by atoms with E-state index >= 15 is 0 Å². The van der Waals surface area contributed by atoms with Gasteiger partial charge in [0.25, 0.3) is 0 Å². The van der Waals surface area contributed by atoms with E-state index in [1.54, 1.807) is 0 Å². The molecule has 0 aromatic carbocycles. The highest BCUT2D eigenvalue weighted by Crippen LogP contribution is 2.24. The van der Waals surface area contributed by atoms with Gasteiger partial charge in [0, 0.05) is 6.92 Å². The molecule has 1 fully saturated rings. The van der Waals surface area contributed by atoms with E-state index in [0.717, 1.165) is 44.4 Å². The molecule has 9 atom stereocenters. The lowest BCUT2D eigenvalue weighted by atomic mass is 9.96. The quantitative estimate of drug-likeness (QED) is 0.0287. The molecule has 350 valence electrons. The fraction of sp³-hybridized carbons (Fsp3) is 0.957. The van der Waals surface area contributed by atoms with Crippen LogP contribution in [0.3, 0.4) is 0 Å². The topological polar surface area (TPSA) is 198 Å². The van der Waals surface area contributed by atoms with Crippen molar-refractivity contribution >= 4 is 11.8 Å². The van der Waals surface area contributed by atoms with Gasteiger partial charge in [0.15, 0.2) is 6.29 Å². The number of nitrogens with one attached hydrogen (secondary N) is 2. The Morgan fingerprint density at radius 1 is 0.627 bits per heavy atom. The predicted octanol–water partition coefficient (Wildman–Crippen LogP) is 7.50. The van der Waals surface area contributed by atoms with E-state index in [1.807, 2.05) is 0 Å². The summed E-state index contributed by atoms with van der Waals surface area (Å²) >= 11 is 0. The summed E-state index contributed by atoms with van der Waals surface area (Å²) in [4.78, 5) is 25.1. The molecule has 1 aliphatic heterocycles. The third-order valence-electron chi connectivity index (χ3n) is 12.0. The summed E-state index contributed by atoms with van der Waals surface area (Å²) in [6.07, 6.45) is 23.4.